The minimum atomic E-state index is 0. The maximum Gasteiger partial charge on any atom is 0.156 e. The summed E-state index contributed by atoms with van der Waals surface area (Å²) in [7, 11) is 5.55. The molecule has 3 aromatic carbocycles. The number of anilines is 1. The van der Waals surface area contributed by atoms with E-state index in [1.165, 1.54) is 5.56 Å². The van der Waals surface area contributed by atoms with Crippen molar-refractivity contribution in [1.82, 2.24) is 20.0 Å². The minimum Gasteiger partial charge on any atom is -0.497 e. The van der Waals surface area contributed by atoms with Crippen LogP contribution < -0.4 is 19.5 Å². The lowest BCUT2D eigenvalue weighted by atomic mass is 10.0. The number of benzene rings is 3. The quantitative estimate of drug-likeness (QED) is 0.201. The zero-order valence-electron chi connectivity index (χ0n) is 26.1. The maximum absolute atomic E-state index is 6.23. The van der Waals surface area contributed by atoms with E-state index in [1.54, 1.807) is 14.2 Å². The lowest BCUT2D eigenvalue weighted by Gasteiger charge is -2.33. The zero-order valence-corrected chi connectivity index (χ0v) is 28.6. The lowest BCUT2D eigenvalue weighted by molar-refractivity contribution is 0.114. The highest BCUT2D eigenvalue weighted by Gasteiger charge is 2.22. The van der Waals surface area contributed by atoms with Crippen LogP contribution in [0.2, 0.25) is 0 Å². The summed E-state index contributed by atoms with van der Waals surface area (Å²) in [6, 6.07) is 23.1. The maximum atomic E-state index is 6.23. The van der Waals surface area contributed by atoms with E-state index in [-0.39, 0.29) is 37.2 Å². The first-order chi connectivity index (χ1) is 20.6. The summed E-state index contributed by atoms with van der Waals surface area (Å²) < 4.78 is 17.1. The molecule has 3 heterocycles. The Morgan fingerprint density at radius 2 is 1.33 bits per heavy atom. The molecule has 2 aliphatic rings. The van der Waals surface area contributed by atoms with Gasteiger partial charge in [0.15, 0.2) is 5.82 Å². The Morgan fingerprint density at radius 1 is 0.711 bits per heavy atom. The van der Waals surface area contributed by atoms with Crippen molar-refractivity contribution < 1.29 is 14.2 Å². The van der Waals surface area contributed by atoms with Gasteiger partial charge in [0, 0.05) is 55.1 Å². The van der Waals surface area contributed by atoms with E-state index in [9.17, 15) is 0 Å². The van der Waals surface area contributed by atoms with Crippen LogP contribution in [0.1, 0.15) is 31.2 Å². The highest BCUT2D eigenvalue weighted by atomic mass is 35.5. The van der Waals surface area contributed by atoms with E-state index in [0.717, 1.165) is 104 Å². The number of nitrogens with zero attached hydrogens (tertiary/aromatic N) is 4. The van der Waals surface area contributed by atoms with Crippen molar-refractivity contribution >= 4 is 53.8 Å². The molecule has 2 saturated heterocycles. The van der Waals surface area contributed by atoms with Gasteiger partial charge in [-0.25, -0.2) is 0 Å². The number of piperidine rings is 2. The fourth-order valence-corrected chi connectivity index (χ4v) is 5.98. The molecule has 244 valence electrons. The van der Waals surface area contributed by atoms with E-state index < -0.39 is 0 Å². The van der Waals surface area contributed by atoms with E-state index >= 15 is 0 Å². The lowest BCUT2D eigenvalue weighted by Crippen LogP contribution is -2.38. The van der Waals surface area contributed by atoms with Gasteiger partial charge in [0.1, 0.15) is 29.0 Å². The van der Waals surface area contributed by atoms with Crippen LogP contribution in [0.25, 0.3) is 22.0 Å². The van der Waals surface area contributed by atoms with Gasteiger partial charge in [0.2, 0.25) is 0 Å². The third-order valence-electron chi connectivity index (χ3n) is 8.58. The van der Waals surface area contributed by atoms with Crippen molar-refractivity contribution in [3.05, 3.63) is 72.3 Å². The van der Waals surface area contributed by atoms with E-state index in [2.05, 4.69) is 68.8 Å². The van der Waals surface area contributed by atoms with Crippen molar-refractivity contribution in [1.29, 1.82) is 0 Å². The smallest absolute Gasteiger partial charge is 0.156 e. The summed E-state index contributed by atoms with van der Waals surface area (Å²) in [5.74, 6) is 3.41. The number of methoxy groups -OCH3 is 2. The van der Waals surface area contributed by atoms with Crippen LogP contribution in [-0.2, 0) is 6.54 Å². The van der Waals surface area contributed by atoms with Gasteiger partial charge in [-0.3, -0.25) is 4.90 Å². The Morgan fingerprint density at radius 3 is 1.98 bits per heavy atom. The molecule has 0 amide bonds. The average Bonchev–Trinajstić information content (AvgIpc) is 3.04. The summed E-state index contributed by atoms with van der Waals surface area (Å²) >= 11 is 0. The third-order valence-corrected chi connectivity index (χ3v) is 8.58. The second-order valence-electron chi connectivity index (χ2n) is 11.5. The third kappa shape index (κ3) is 9.05. The number of hydrogen-bond donors (Lipinski definition) is 1. The fourth-order valence-electron chi connectivity index (χ4n) is 5.98. The summed E-state index contributed by atoms with van der Waals surface area (Å²) in [4.78, 5) is 4.90. The molecular formula is C34H44Cl3N5O3. The van der Waals surface area contributed by atoms with Crippen molar-refractivity contribution in [2.45, 2.75) is 44.4 Å². The van der Waals surface area contributed by atoms with Gasteiger partial charge in [0.25, 0.3) is 0 Å². The molecule has 0 spiro atoms. The van der Waals surface area contributed by atoms with Gasteiger partial charge in [-0.1, -0.05) is 12.1 Å². The Bertz CT molecular complexity index is 1480. The SMILES string of the molecule is COc1ccc(-c2nnc(NC3CCN(Cc4ccc(OC5CCN(C)CC5)cc4)CC3)c3cc(OC)ccc23)cc1.Cl.Cl.Cl. The van der Waals surface area contributed by atoms with Crippen LogP contribution in [0.15, 0.2) is 66.7 Å². The first-order valence-electron chi connectivity index (χ1n) is 15.0. The highest BCUT2D eigenvalue weighted by Crippen LogP contribution is 2.34. The van der Waals surface area contributed by atoms with Crippen molar-refractivity contribution in [2.24, 2.45) is 0 Å². The number of aromatic nitrogens is 2. The summed E-state index contributed by atoms with van der Waals surface area (Å²) in [6.45, 7) is 5.24. The molecule has 1 aromatic heterocycles. The number of halogens is 3. The summed E-state index contributed by atoms with van der Waals surface area (Å²) in [6.07, 6.45) is 4.63. The Balaban J connectivity index is 0.00000184. The first kappa shape index (κ1) is 36.5. The summed E-state index contributed by atoms with van der Waals surface area (Å²) in [5, 5.41) is 15.1. The van der Waals surface area contributed by atoms with Crippen LogP contribution in [-0.4, -0.2) is 79.6 Å². The van der Waals surface area contributed by atoms with Crippen molar-refractivity contribution in [3.8, 4) is 28.5 Å². The van der Waals surface area contributed by atoms with Crippen LogP contribution >= 0.6 is 37.2 Å². The molecule has 0 saturated carbocycles. The van der Waals surface area contributed by atoms with Crippen LogP contribution in [0.5, 0.6) is 17.2 Å². The molecule has 1 N–H and O–H groups in total. The number of nitrogens with one attached hydrogen (secondary N) is 1. The monoisotopic (exact) mass is 675 g/mol. The molecule has 6 rings (SSSR count). The molecule has 8 nitrogen and oxygen atoms in total. The molecule has 0 atom stereocenters. The number of hydrogen-bond acceptors (Lipinski definition) is 8. The van der Waals surface area contributed by atoms with Gasteiger partial charge < -0.3 is 24.4 Å². The molecular weight excluding hydrogens is 633 g/mol. The molecule has 2 aliphatic heterocycles. The number of likely N-dealkylation sites (tertiary alicyclic amines) is 2. The largest absolute Gasteiger partial charge is 0.497 e. The molecule has 11 heteroatoms. The second-order valence-corrected chi connectivity index (χ2v) is 11.5. The van der Waals surface area contributed by atoms with Gasteiger partial charge in [0.05, 0.1) is 14.2 Å². The average molecular weight is 677 g/mol. The molecule has 0 aliphatic carbocycles. The Labute approximate surface area is 285 Å². The van der Waals surface area contributed by atoms with E-state index in [0.29, 0.717) is 12.1 Å². The van der Waals surface area contributed by atoms with Crippen LogP contribution in [0, 0.1) is 0 Å². The first-order valence-corrected chi connectivity index (χ1v) is 15.0. The second kappa shape index (κ2) is 17.1. The summed E-state index contributed by atoms with van der Waals surface area (Å²) in [5.41, 5.74) is 3.17. The highest BCUT2D eigenvalue weighted by molar-refractivity contribution is 6.00. The number of rotatable bonds is 9. The molecule has 0 unspecified atom stereocenters. The molecule has 4 aromatic rings. The number of ether oxygens (including phenoxy) is 3. The van der Waals surface area contributed by atoms with Gasteiger partial charge in [-0.05, 0) is 92.9 Å². The predicted molar refractivity (Wildman–Crippen MR) is 189 cm³/mol. The molecule has 0 radical (unpaired) electrons. The molecule has 45 heavy (non-hydrogen) atoms. The topological polar surface area (TPSA) is 72.0 Å². The van der Waals surface area contributed by atoms with Crippen LogP contribution in [0.4, 0.5) is 5.82 Å². The Kier molecular flexibility index (Phi) is 13.8. The number of fused-ring (bicyclic) bond motifs is 1. The zero-order chi connectivity index (χ0) is 28.9. The van der Waals surface area contributed by atoms with Crippen LogP contribution in [0.3, 0.4) is 0 Å². The minimum absolute atomic E-state index is 0. The molecule has 0 bridgehead atoms. The molecule has 2 fully saturated rings. The standard InChI is InChI=1S/C34H41N5O3.3ClH/c1-38-18-16-29(17-19-38)42-28-8-4-24(5-9-28)23-39-20-14-26(15-21-39)35-34-32-22-30(41-3)12-13-31(32)33(36-37-34)25-6-10-27(40-2)11-7-25;;;/h4-13,22,26,29H,14-21,23H2,1-3H3,(H,35,37);3*1H. The van der Waals surface area contributed by atoms with E-state index in [4.69, 9.17) is 14.2 Å². The van der Waals surface area contributed by atoms with Gasteiger partial charge >= 0.3 is 0 Å². The normalized spacial score (nSPS) is 16.2. The van der Waals surface area contributed by atoms with Gasteiger partial charge in [-0.15, -0.1) is 47.4 Å². The van der Waals surface area contributed by atoms with Crippen molar-refractivity contribution in [3.63, 3.8) is 0 Å². The Hall–Kier alpha value is -3.01. The fraction of sp³-hybridized carbons (Fsp3) is 0.412. The van der Waals surface area contributed by atoms with E-state index in [1.807, 2.05) is 30.3 Å². The predicted octanol–water partition coefficient (Wildman–Crippen LogP) is 7.13. The van der Waals surface area contributed by atoms with Crippen molar-refractivity contribution in [2.75, 3.05) is 52.8 Å². The van der Waals surface area contributed by atoms with Gasteiger partial charge in [-0.2, -0.15) is 0 Å².